The van der Waals surface area contributed by atoms with Crippen molar-refractivity contribution in [2.75, 3.05) is 24.8 Å². The molecule has 0 aliphatic rings. The second-order valence-electron chi connectivity index (χ2n) is 7.04. The summed E-state index contributed by atoms with van der Waals surface area (Å²) >= 11 is 2.87. The van der Waals surface area contributed by atoms with Crippen molar-refractivity contribution in [2.24, 2.45) is 0 Å². The van der Waals surface area contributed by atoms with Crippen LogP contribution in [-0.2, 0) is 4.74 Å². The van der Waals surface area contributed by atoms with Gasteiger partial charge in [0.05, 0.1) is 18.4 Å². The maximum atomic E-state index is 12.8. The molecule has 154 valence electrons. The number of benzene rings is 1. The van der Waals surface area contributed by atoms with E-state index >= 15 is 0 Å². The van der Waals surface area contributed by atoms with E-state index in [9.17, 15) is 4.79 Å². The molecule has 3 aromatic rings. The van der Waals surface area contributed by atoms with Crippen LogP contribution in [0.2, 0.25) is 0 Å². The minimum atomic E-state index is 0.0993. The van der Waals surface area contributed by atoms with Gasteiger partial charge in [-0.2, -0.15) is 0 Å². The number of carbonyl (C=O) groups is 1. The molecule has 2 aromatic heterocycles. The Kier molecular flexibility index (Phi) is 7.10. The first-order valence-electron chi connectivity index (χ1n) is 9.39. The molecule has 0 spiro atoms. The molecule has 2 heterocycles. The van der Waals surface area contributed by atoms with Gasteiger partial charge in [0.15, 0.2) is 10.1 Å². The molecule has 0 aliphatic heterocycles. The maximum Gasteiger partial charge on any atom is 0.210 e. The predicted molar refractivity (Wildman–Crippen MR) is 120 cm³/mol. The first-order chi connectivity index (χ1) is 13.9. The minimum Gasteiger partial charge on any atom is -0.383 e. The van der Waals surface area contributed by atoms with E-state index in [1.165, 1.54) is 28.7 Å². The summed E-state index contributed by atoms with van der Waals surface area (Å²) in [6, 6.07) is 10.3. The lowest BCUT2D eigenvalue weighted by molar-refractivity contribution is 0.102. The highest BCUT2D eigenvalue weighted by Crippen LogP contribution is 2.29. The number of Topliss-reactive ketones (excluding diaryl/α,β-unsaturated/α-hetero) is 1. The van der Waals surface area contributed by atoms with Crippen LogP contribution in [0.25, 0.3) is 0 Å². The largest absolute Gasteiger partial charge is 0.383 e. The molecule has 0 saturated carbocycles. The number of hydrogen-bond donors (Lipinski definition) is 1. The van der Waals surface area contributed by atoms with Crippen molar-refractivity contribution in [2.45, 2.75) is 38.1 Å². The fourth-order valence-electron chi connectivity index (χ4n) is 3.34. The Balaban J connectivity index is 1.62. The third-order valence-corrected chi connectivity index (χ3v) is 6.64. The molecule has 1 unspecified atom stereocenters. The fraction of sp³-hybridized carbons (Fsp3) is 0.381. The van der Waals surface area contributed by atoms with Crippen LogP contribution in [0.3, 0.4) is 0 Å². The van der Waals surface area contributed by atoms with Gasteiger partial charge in [0.2, 0.25) is 5.13 Å². The third kappa shape index (κ3) is 5.26. The quantitative estimate of drug-likeness (QED) is 0.372. The summed E-state index contributed by atoms with van der Waals surface area (Å²) in [5, 5.41) is 12.3. The van der Waals surface area contributed by atoms with Gasteiger partial charge in [-0.25, -0.2) is 0 Å². The van der Waals surface area contributed by atoms with Crippen LogP contribution in [-0.4, -0.2) is 40.0 Å². The fourth-order valence-corrected chi connectivity index (χ4v) is 4.99. The van der Waals surface area contributed by atoms with Gasteiger partial charge in [-0.05, 0) is 45.9 Å². The highest BCUT2D eigenvalue weighted by Gasteiger charge is 2.19. The van der Waals surface area contributed by atoms with Gasteiger partial charge in [-0.1, -0.05) is 40.8 Å². The second-order valence-corrected chi connectivity index (χ2v) is 9.24. The zero-order valence-electron chi connectivity index (χ0n) is 17.4. The van der Waals surface area contributed by atoms with Gasteiger partial charge >= 0.3 is 0 Å². The Labute approximate surface area is 179 Å². The Hall–Kier alpha value is -2.16. The molecule has 8 heteroatoms. The summed E-state index contributed by atoms with van der Waals surface area (Å²) in [5.41, 5.74) is 4.99. The summed E-state index contributed by atoms with van der Waals surface area (Å²) in [6.45, 7) is 8.77. The minimum absolute atomic E-state index is 0.0993. The number of aromatic nitrogens is 3. The van der Waals surface area contributed by atoms with E-state index in [4.69, 9.17) is 4.74 Å². The predicted octanol–water partition coefficient (Wildman–Crippen LogP) is 5.19. The molecule has 0 aliphatic carbocycles. The molecule has 29 heavy (non-hydrogen) atoms. The molecule has 0 bridgehead atoms. The number of nitrogens with one attached hydrogen (secondary N) is 1. The lowest BCUT2D eigenvalue weighted by atomic mass is 10.2. The number of aryl methyl sites for hydroxylation is 2. The van der Waals surface area contributed by atoms with Crippen molar-refractivity contribution >= 4 is 39.7 Å². The lowest BCUT2D eigenvalue weighted by Gasteiger charge is -2.17. The number of carbonyl (C=O) groups excluding carboxylic acids is 1. The van der Waals surface area contributed by atoms with Gasteiger partial charge < -0.3 is 14.6 Å². The standard InChI is InChI=1S/C21H26N4O2S2/c1-13-6-8-17(9-7-13)22-20-23-24-21(29-20)28-12-19(26)18-10-14(2)25(16(18)4)15(3)11-27-5/h6-10,15H,11-12H2,1-5H3,(H,22,23). The maximum absolute atomic E-state index is 12.8. The monoisotopic (exact) mass is 430 g/mol. The molecule has 3 rings (SSSR count). The molecule has 0 fully saturated rings. The highest BCUT2D eigenvalue weighted by atomic mass is 32.2. The summed E-state index contributed by atoms with van der Waals surface area (Å²) < 4.78 is 8.20. The second kappa shape index (κ2) is 9.56. The molecule has 0 radical (unpaired) electrons. The molecule has 0 amide bonds. The van der Waals surface area contributed by atoms with Crippen LogP contribution < -0.4 is 5.32 Å². The summed E-state index contributed by atoms with van der Waals surface area (Å²) in [7, 11) is 1.69. The smallest absolute Gasteiger partial charge is 0.210 e. The van der Waals surface area contributed by atoms with Gasteiger partial charge in [-0.3, -0.25) is 4.79 Å². The number of ether oxygens (including phenoxy) is 1. The van der Waals surface area contributed by atoms with Crippen LogP contribution in [0.1, 0.15) is 40.3 Å². The Morgan fingerprint density at radius 1 is 1.24 bits per heavy atom. The molecule has 1 atom stereocenters. The summed E-state index contributed by atoms with van der Waals surface area (Å²) in [5.74, 6) is 0.435. The van der Waals surface area contributed by atoms with Crippen LogP contribution in [0.4, 0.5) is 10.8 Å². The molecule has 6 nitrogen and oxygen atoms in total. The van der Waals surface area contributed by atoms with Crippen molar-refractivity contribution in [3.05, 3.63) is 52.8 Å². The van der Waals surface area contributed by atoms with E-state index < -0.39 is 0 Å². The van der Waals surface area contributed by atoms with Gasteiger partial charge in [-0.15, -0.1) is 10.2 Å². The molecule has 0 saturated heterocycles. The average Bonchev–Trinajstić information content (AvgIpc) is 3.25. The van der Waals surface area contributed by atoms with Crippen molar-refractivity contribution < 1.29 is 9.53 Å². The molecular formula is C21H26N4O2S2. The number of rotatable bonds is 9. The van der Waals surface area contributed by atoms with Crippen LogP contribution in [0.15, 0.2) is 34.7 Å². The number of anilines is 2. The van der Waals surface area contributed by atoms with Crippen molar-refractivity contribution in [3.8, 4) is 0 Å². The number of hydrogen-bond acceptors (Lipinski definition) is 7. The average molecular weight is 431 g/mol. The first-order valence-corrected chi connectivity index (χ1v) is 11.2. The molecule has 1 aromatic carbocycles. The number of methoxy groups -OCH3 is 1. The van der Waals surface area contributed by atoms with Crippen molar-refractivity contribution in [3.63, 3.8) is 0 Å². The van der Waals surface area contributed by atoms with E-state index in [-0.39, 0.29) is 11.8 Å². The number of nitrogens with zero attached hydrogens (tertiary/aromatic N) is 3. The number of ketones is 1. The van der Waals surface area contributed by atoms with Crippen molar-refractivity contribution in [1.82, 2.24) is 14.8 Å². The van der Waals surface area contributed by atoms with Crippen molar-refractivity contribution in [1.29, 1.82) is 0 Å². The summed E-state index contributed by atoms with van der Waals surface area (Å²) in [4.78, 5) is 12.8. The van der Waals surface area contributed by atoms with E-state index in [0.29, 0.717) is 12.4 Å². The van der Waals surface area contributed by atoms with E-state index in [1.807, 2.05) is 44.2 Å². The van der Waals surface area contributed by atoms with Crippen LogP contribution in [0.5, 0.6) is 0 Å². The first kappa shape index (κ1) is 21.5. The van der Waals surface area contributed by atoms with E-state index in [2.05, 4.69) is 33.9 Å². The highest BCUT2D eigenvalue weighted by molar-refractivity contribution is 8.01. The SMILES string of the molecule is COCC(C)n1c(C)cc(C(=O)CSc2nnc(Nc3ccc(C)cc3)s2)c1C. The molecule has 1 N–H and O–H groups in total. The summed E-state index contributed by atoms with van der Waals surface area (Å²) in [6.07, 6.45) is 0. The normalized spacial score (nSPS) is 12.2. The lowest BCUT2D eigenvalue weighted by Crippen LogP contribution is -2.14. The Bertz CT molecular complexity index is 979. The van der Waals surface area contributed by atoms with Gasteiger partial charge in [0, 0.05) is 29.7 Å². The van der Waals surface area contributed by atoms with Gasteiger partial charge in [0.25, 0.3) is 0 Å². The van der Waals surface area contributed by atoms with E-state index in [1.54, 1.807) is 7.11 Å². The Morgan fingerprint density at radius 2 is 1.97 bits per heavy atom. The Morgan fingerprint density at radius 3 is 2.66 bits per heavy atom. The number of thioether (sulfide) groups is 1. The van der Waals surface area contributed by atoms with Gasteiger partial charge in [0.1, 0.15) is 0 Å². The van der Waals surface area contributed by atoms with Crippen LogP contribution in [0, 0.1) is 20.8 Å². The molecular weight excluding hydrogens is 404 g/mol. The zero-order chi connectivity index (χ0) is 21.0. The topological polar surface area (TPSA) is 69.0 Å². The van der Waals surface area contributed by atoms with E-state index in [0.717, 1.165) is 32.1 Å². The third-order valence-electron chi connectivity index (χ3n) is 4.67. The zero-order valence-corrected chi connectivity index (χ0v) is 19.0. The van der Waals surface area contributed by atoms with Crippen LogP contribution >= 0.6 is 23.1 Å².